The fourth-order valence-corrected chi connectivity index (χ4v) is 4.58. The zero-order valence-electron chi connectivity index (χ0n) is 17.1. The molecule has 0 saturated carbocycles. The first-order valence-corrected chi connectivity index (χ1v) is 12.1. The molecule has 0 aliphatic heterocycles. The lowest BCUT2D eigenvalue weighted by molar-refractivity contribution is 0.0940. The normalized spacial score (nSPS) is 12.2. The van der Waals surface area contributed by atoms with Crippen molar-refractivity contribution in [3.05, 3.63) is 90.0 Å². The van der Waals surface area contributed by atoms with Crippen LogP contribution in [0.3, 0.4) is 0 Å². The molecule has 1 N–H and O–H groups in total. The summed E-state index contributed by atoms with van der Waals surface area (Å²) < 4.78 is 27.0. The van der Waals surface area contributed by atoms with Gasteiger partial charge in [-0.25, -0.2) is 8.42 Å². The van der Waals surface area contributed by atoms with E-state index in [9.17, 15) is 13.2 Å². The van der Waals surface area contributed by atoms with Gasteiger partial charge in [-0.3, -0.25) is 9.10 Å². The Morgan fingerprint density at radius 2 is 1.53 bits per heavy atom. The van der Waals surface area contributed by atoms with Crippen molar-refractivity contribution < 1.29 is 13.2 Å². The van der Waals surface area contributed by atoms with E-state index in [1.807, 2.05) is 43.5 Å². The van der Waals surface area contributed by atoms with Gasteiger partial charge in [-0.15, -0.1) is 11.8 Å². The highest BCUT2D eigenvalue weighted by Gasteiger charge is 2.21. The summed E-state index contributed by atoms with van der Waals surface area (Å²) in [7, 11) is -2.18. The average molecular weight is 441 g/mol. The Morgan fingerprint density at radius 1 is 0.933 bits per heavy atom. The molecule has 0 aliphatic rings. The maximum atomic E-state index is 12.9. The monoisotopic (exact) mass is 440 g/mol. The van der Waals surface area contributed by atoms with Gasteiger partial charge in [0.2, 0.25) is 0 Å². The molecule has 0 saturated heterocycles. The van der Waals surface area contributed by atoms with E-state index >= 15 is 0 Å². The van der Waals surface area contributed by atoms with Crippen molar-refractivity contribution in [3.63, 3.8) is 0 Å². The van der Waals surface area contributed by atoms with Crippen molar-refractivity contribution in [2.75, 3.05) is 17.6 Å². The second kappa shape index (κ2) is 9.36. The minimum absolute atomic E-state index is 0.134. The van der Waals surface area contributed by atoms with Gasteiger partial charge in [0.1, 0.15) is 0 Å². The lowest BCUT2D eigenvalue weighted by Gasteiger charge is -2.20. The predicted octanol–water partition coefficient (Wildman–Crippen LogP) is 4.72. The van der Waals surface area contributed by atoms with Crippen molar-refractivity contribution in [1.29, 1.82) is 0 Å². The Balaban J connectivity index is 1.73. The number of nitrogens with zero attached hydrogens (tertiary/aromatic N) is 1. The Morgan fingerprint density at radius 3 is 2.10 bits per heavy atom. The molecule has 0 unspecified atom stereocenters. The minimum atomic E-state index is -3.68. The van der Waals surface area contributed by atoms with Crippen LogP contribution in [-0.2, 0) is 10.0 Å². The van der Waals surface area contributed by atoms with Crippen LogP contribution in [0.15, 0.2) is 88.7 Å². The van der Waals surface area contributed by atoms with E-state index in [-0.39, 0.29) is 16.8 Å². The van der Waals surface area contributed by atoms with Crippen molar-refractivity contribution in [3.8, 4) is 0 Å². The molecule has 3 rings (SSSR count). The van der Waals surface area contributed by atoms with Crippen molar-refractivity contribution >= 4 is 33.4 Å². The third-order valence-corrected chi connectivity index (χ3v) is 7.40. The van der Waals surface area contributed by atoms with E-state index in [2.05, 4.69) is 5.32 Å². The van der Waals surface area contributed by atoms with Crippen molar-refractivity contribution in [1.82, 2.24) is 5.32 Å². The highest BCUT2D eigenvalue weighted by Crippen LogP contribution is 2.24. The molecular formula is C23H24N2O3S2. The molecule has 156 valence electrons. The van der Waals surface area contributed by atoms with Gasteiger partial charge in [-0.2, -0.15) is 0 Å². The first-order valence-electron chi connectivity index (χ1n) is 9.42. The standard InChI is InChI=1S/C23H24N2O3S2/c1-17(18-7-5-4-6-8-18)24-23(26)19-9-11-20(12-10-19)25(2)30(27,28)22-15-13-21(29-3)14-16-22/h4-17H,1-3H3,(H,24,26)/t17-/m0/s1. The summed E-state index contributed by atoms with van der Waals surface area (Å²) in [5.41, 5.74) is 1.97. The summed E-state index contributed by atoms with van der Waals surface area (Å²) in [4.78, 5) is 13.8. The van der Waals surface area contributed by atoms with E-state index in [1.165, 1.54) is 11.4 Å². The number of carbonyl (C=O) groups excluding carboxylic acids is 1. The van der Waals surface area contributed by atoms with Gasteiger partial charge in [0.05, 0.1) is 16.6 Å². The molecule has 3 aromatic rings. The topological polar surface area (TPSA) is 66.5 Å². The number of anilines is 1. The Labute approximate surface area is 182 Å². The highest BCUT2D eigenvalue weighted by atomic mass is 32.2. The molecule has 1 atom stereocenters. The van der Waals surface area contributed by atoms with E-state index in [4.69, 9.17) is 0 Å². The molecule has 0 radical (unpaired) electrons. The van der Waals surface area contributed by atoms with E-state index in [1.54, 1.807) is 60.3 Å². The lowest BCUT2D eigenvalue weighted by Crippen LogP contribution is -2.28. The Kier molecular flexibility index (Phi) is 6.84. The summed E-state index contributed by atoms with van der Waals surface area (Å²) in [6, 6.07) is 22.9. The number of rotatable bonds is 7. The number of hydrogen-bond donors (Lipinski definition) is 1. The van der Waals surface area contributed by atoms with Crippen LogP contribution < -0.4 is 9.62 Å². The van der Waals surface area contributed by atoms with Gasteiger partial charge in [0.15, 0.2) is 0 Å². The second-order valence-corrected chi connectivity index (χ2v) is 9.65. The van der Waals surface area contributed by atoms with Gasteiger partial charge < -0.3 is 5.32 Å². The highest BCUT2D eigenvalue weighted by molar-refractivity contribution is 7.98. The molecule has 5 nitrogen and oxygen atoms in total. The van der Waals surface area contributed by atoms with Gasteiger partial charge in [0, 0.05) is 17.5 Å². The summed E-state index contributed by atoms with van der Waals surface area (Å²) in [6.45, 7) is 1.92. The van der Waals surface area contributed by atoms with Gasteiger partial charge in [-0.05, 0) is 67.3 Å². The number of thioether (sulfide) groups is 1. The Bertz CT molecular complexity index is 1100. The zero-order valence-corrected chi connectivity index (χ0v) is 18.7. The molecule has 7 heteroatoms. The second-order valence-electron chi connectivity index (χ2n) is 6.80. The zero-order chi connectivity index (χ0) is 21.7. The van der Waals surface area contributed by atoms with Crippen LogP contribution >= 0.6 is 11.8 Å². The van der Waals surface area contributed by atoms with Crippen LogP contribution in [0.2, 0.25) is 0 Å². The van der Waals surface area contributed by atoms with Crippen LogP contribution in [-0.4, -0.2) is 27.6 Å². The number of sulfonamides is 1. The number of nitrogens with one attached hydrogen (secondary N) is 1. The molecule has 0 spiro atoms. The molecule has 1 amide bonds. The fraction of sp³-hybridized carbons (Fsp3) is 0.174. The minimum Gasteiger partial charge on any atom is -0.346 e. The van der Waals surface area contributed by atoms with E-state index in [0.717, 1.165) is 10.5 Å². The first-order chi connectivity index (χ1) is 14.3. The van der Waals surface area contributed by atoms with Crippen LogP contribution in [0, 0.1) is 0 Å². The number of benzene rings is 3. The smallest absolute Gasteiger partial charge is 0.264 e. The van der Waals surface area contributed by atoms with Crippen molar-refractivity contribution in [2.24, 2.45) is 0 Å². The molecule has 30 heavy (non-hydrogen) atoms. The van der Waals surface area contributed by atoms with E-state index < -0.39 is 10.0 Å². The van der Waals surface area contributed by atoms with Crippen LogP contribution in [0.1, 0.15) is 28.9 Å². The molecule has 0 bridgehead atoms. The molecule has 3 aromatic carbocycles. The summed E-state index contributed by atoms with van der Waals surface area (Å²) in [5, 5.41) is 2.96. The fourth-order valence-electron chi connectivity index (χ4n) is 2.97. The Hall–Kier alpha value is -2.77. The average Bonchev–Trinajstić information content (AvgIpc) is 2.79. The van der Waals surface area contributed by atoms with Gasteiger partial charge in [0.25, 0.3) is 15.9 Å². The molecule has 0 heterocycles. The van der Waals surface area contributed by atoms with Crippen LogP contribution in [0.5, 0.6) is 0 Å². The van der Waals surface area contributed by atoms with Crippen LogP contribution in [0.4, 0.5) is 5.69 Å². The predicted molar refractivity (Wildman–Crippen MR) is 123 cm³/mol. The summed E-state index contributed by atoms with van der Waals surface area (Å²) in [5.74, 6) is -0.212. The first kappa shape index (κ1) is 21.9. The number of carbonyl (C=O) groups is 1. The quantitative estimate of drug-likeness (QED) is 0.540. The third-order valence-electron chi connectivity index (χ3n) is 4.86. The molecule has 0 aliphatic carbocycles. The maximum Gasteiger partial charge on any atom is 0.264 e. The van der Waals surface area contributed by atoms with Crippen LogP contribution in [0.25, 0.3) is 0 Å². The largest absolute Gasteiger partial charge is 0.346 e. The summed E-state index contributed by atoms with van der Waals surface area (Å²) in [6.07, 6.45) is 1.94. The van der Waals surface area contributed by atoms with Gasteiger partial charge in [-0.1, -0.05) is 30.3 Å². The molecule has 0 fully saturated rings. The molecule has 0 aromatic heterocycles. The SMILES string of the molecule is CSc1ccc(S(=O)(=O)N(C)c2ccc(C(=O)N[C@@H](C)c3ccccc3)cc2)cc1. The molecular weight excluding hydrogens is 416 g/mol. The van der Waals surface area contributed by atoms with Crippen molar-refractivity contribution in [2.45, 2.75) is 22.8 Å². The number of amides is 1. The van der Waals surface area contributed by atoms with Gasteiger partial charge >= 0.3 is 0 Å². The summed E-state index contributed by atoms with van der Waals surface area (Å²) >= 11 is 1.55. The van der Waals surface area contributed by atoms with E-state index in [0.29, 0.717) is 11.3 Å². The lowest BCUT2D eigenvalue weighted by atomic mass is 10.1. The number of hydrogen-bond acceptors (Lipinski definition) is 4. The third kappa shape index (κ3) is 4.86. The maximum absolute atomic E-state index is 12.9.